The van der Waals surface area contributed by atoms with Gasteiger partial charge in [-0.05, 0) is 55.6 Å². The fourth-order valence-electron chi connectivity index (χ4n) is 3.01. The van der Waals surface area contributed by atoms with E-state index in [0.29, 0.717) is 31.6 Å². The molecule has 166 valence electrons. The van der Waals surface area contributed by atoms with Gasteiger partial charge in [-0.2, -0.15) is 4.31 Å². The van der Waals surface area contributed by atoms with Crippen molar-refractivity contribution in [3.05, 3.63) is 60.2 Å². The van der Waals surface area contributed by atoms with E-state index in [4.69, 9.17) is 15.2 Å². The monoisotopic (exact) mass is 456 g/mol. The zero-order valence-corrected chi connectivity index (χ0v) is 18.8. The van der Waals surface area contributed by atoms with Crippen LogP contribution in [0.1, 0.15) is 24.8 Å². The van der Waals surface area contributed by atoms with Gasteiger partial charge in [-0.3, -0.25) is 4.79 Å². The van der Waals surface area contributed by atoms with E-state index in [1.807, 2.05) is 30.3 Å². The smallest absolute Gasteiger partial charge is 0.324 e. The molecule has 0 aliphatic carbocycles. The molecular weight excluding hydrogens is 428 g/mol. The second kappa shape index (κ2) is 12.5. The maximum Gasteiger partial charge on any atom is 0.324 e. The van der Waals surface area contributed by atoms with E-state index in [-0.39, 0.29) is 23.8 Å². The standard InChI is InChI=1S/C21H28N2O5S.ClH/c1-27-18-11-13-19(14-12-18)29(25,26)23(16-17-8-4-3-5-9-17)20(21(24)28-2)10-6-7-15-22;/h3-5,8-9,11-14,20H,6-7,10,15-16,22H2,1-2H3;1H/t20-;/m1./s1. The highest BCUT2D eigenvalue weighted by Gasteiger charge is 2.36. The van der Waals surface area contributed by atoms with Crippen molar-refractivity contribution in [1.82, 2.24) is 4.31 Å². The molecule has 30 heavy (non-hydrogen) atoms. The molecule has 9 heteroatoms. The van der Waals surface area contributed by atoms with Crippen LogP contribution in [0, 0.1) is 0 Å². The lowest BCUT2D eigenvalue weighted by Crippen LogP contribution is -2.45. The number of nitrogens with two attached hydrogens (primary N) is 1. The Kier molecular flexibility index (Phi) is 10.8. The number of halogens is 1. The van der Waals surface area contributed by atoms with Gasteiger partial charge in [-0.15, -0.1) is 12.4 Å². The first-order chi connectivity index (χ1) is 13.9. The first-order valence-electron chi connectivity index (χ1n) is 9.41. The number of benzene rings is 2. The normalized spacial score (nSPS) is 12.1. The zero-order chi connectivity index (χ0) is 21.3. The minimum Gasteiger partial charge on any atom is -0.497 e. The molecule has 0 saturated heterocycles. The van der Waals surface area contributed by atoms with Gasteiger partial charge in [-0.25, -0.2) is 8.42 Å². The van der Waals surface area contributed by atoms with Crippen LogP contribution in [0.4, 0.5) is 0 Å². The molecule has 7 nitrogen and oxygen atoms in total. The summed E-state index contributed by atoms with van der Waals surface area (Å²) in [7, 11) is -1.20. The molecule has 1 atom stereocenters. The summed E-state index contributed by atoms with van der Waals surface area (Å²) in [6.07, 6.45) is 1.63. The number of ether oxygens (including phenoxy) is 2. The van der Waals surface area contributed by atoms with E-state index in [1.165, 1.54) is 30.7 Å². The Bertz CT molecular complexity index is 876. The lowest BCUT2D eigenvalue weighted by Gasteiger charge is -2.29. The number of esters is 1. The number of hydrogen-bond acceptors (Lipinski definition) is 6. The predicted molar refractivity (Wildman–Crippen MR) is 118 cm³/mol. The summed E-state index contributed by atoms with van der Waals surface area (Å²) in [6.45, 7) is 0.523. The SMILES string of the molecule is COC(=O)[C@@H](CCCCN)N(Cc1ccccc1)S(=O)(=O)c1ccc(OC)cc1.Cl. The van der Waals surface area contributed by atoms with Gasteiger partial charge in [0.25, 0.3) is 0 Å². The Hall–Kier alpha value is -2.13. The third kappa shape index (κ3) is 6.70. The summed E-state index contributed by atoms with van der Waals surface area (Å²) >= 11 is 0. The molecule has 0 fully saturated rings. The summed E-state index contributed by atoms with van der Waals surface area (Å²) in [4.78, 5) is 12.6. The second-order valence-electron chi connectivity index (χ2n) is 6.53. The van der Waals surface area contributed by atoms with Gasteiger partial charge in [0, 0.05) is 6.54 Å². The van der Waals surface area contributed by atoms with E-state index >= 15 is 0 Å². The van der Waals surface area contributed by atoms with E-state index in [0.717, 1.165) is 5.56 Å². The van der Waals surface area contributed by atoms with E-state index < -0.39 is 22.0 Å². The van der Waals surface area contributed by atoms with E-state index in [1.54, 1.807) is 12.1 Å². The summed E-state index contributed by atoms with van der Waals surface area (Å²) < 4.78 is 38.2. The van der Waals surface area contributed by atoms with Crippen LogP contribution >= 0.6 is 12.4 Å². The highest BCUT2D eigenvalue weighted by atomic mass is 35.5. The van der Waals surface area contributed by atoms with Crippen molar-refractivity contribution in [3.63, 3.8) is 0 Å². The molecule has 2 N–H and O–H groups in total. The number of methoxy groups -OCH3 is 2. The molecule has 0 unspecified atom stereocenters. The van der Waals surface area contributed by atoms with Gasteiger partial charge in [0.05, 0.1) is 19.1 Å². The number of sulfonamides is 1. The summed E-state index contributed by atoms with van der Waals surface area (Å²) in [5.74, 6) is -0.0407. The lowest BCUT2D eigenvalue weighted by molar-refractivity contribution is -0.145. The fraction of sp³-hybridized carbons (Fsp3) is 0.381. The van der Waals surface area contributed by atoms with Crippen LogP contribution < -0.4 is 10.5 Å². The van der Waals surface area contributed by atoms with E-state index in [2.05, 4.69) is 0 Å². The van der Waals surface area contributed by atoms with Crippen LogP contribution in [0.15, 0.2) is 59.5 Å². The third-order valence-electron chi connectivity index (χ3n) is 4.60. The number of carbonyl (C=O) groups excluding carboxylic acids is 1. The largest absolute Gasteiger partial charge is 0.497 e. The van der Waals surface area contributed by atoms with Crippen LogP contribution in [-0.4, -0.2) is 45.5 Å². The molecule has 0 bridgehead atoms. The summed E-state index contributed by atoms with van der Waals surface area (Å²) in [5, 5.41) is 0. The molecular formula is C21H29ClN2O5S. The Morgan fingerprint density at radius 1 is 1.03 bits per heavy atom. The van der Waals surface area contributed by atoms with Crippen molar-refractivity contribution >= 4 is 28.4 Å². The van der Waals surface area contributed by atoms with Gasteiger partial charge in [0.2, 0.25) is 10.0 Å². The lowest BCUT2D eigenvalue weighted by atomic mass is 10.1. The van der Waals surface area contributed by atoms with Crippen LogP contribution in [-0.2, 0) is 26.1 Å². The number of hydrogen-bond donors (Lipinski definition) is 1. The van der Waals surface area contributed by atoms with Crippen LogP contribution in [0.5, 0.6) is 5.75 Å². The van der Waals surface area contributed by atoms with Gasteiger partial charge in [-0.1, -0.05) is 30.3 Å². The highest BCUT2D eigenvalue weighted by Crippen LogP contribution is 2.26. The fourth-order valence-corrected chi connectivity index (χ4v) is 4.60. The molecule has 0 radical (unpaired) electrons. The van der Waals surface area contributed by atoms with Gasteiger partial charge >= 0.3 is 5.97 Å². The molecule has 0 aromatic heterocycles. The number of nitrogens with zero attached hydrogens (tertiary/aromatic N) is 1. The molecule has 0 saturated carbocycles. The van der Waals surface area contributed by atoms with Crippen molar-refractivity contribution < 1.29 is 22.7 Å². The average Bonchev–Trinajstić information content (AvgIpc) is 2.75. The molecule has 0 spiro atoms. The number of rotatable bonds is 11. The van der Waals surface area contributed by atoms with E-state index in [9.17, 15) is 13.2 Å². The summed E-state index contributed by atoms with van der Waals surface area (Å²) in [6, 6.07) is 14.3. The Balaban J connectivity index is 0.00000450. The molecule has 2 rings (SSSR count). The molecule has 2 aromatic carbocycles. The van der Waals surface area contributed by atoms with Crippen molar-refractivity contribution in [2.24, 2.45) is 5.73 Å². The minimum absolute atomic E-state index is 0. The van der Waals surface area contributed by atoms with Gasteiger partial charge < -0.3 is 15.2 Å². The van der Waals surface area contributed by atoms with Crippen molar-refractivity contribution in [3.8, 4) is 5.75 Å². The first-order valence-corrected chi connectivity index (χ1v) is 10.9. The molecule has 0 heterocycles. The Labute approximate surface area is 184 Å². The average molecular weight is 457 g/mol. The van der Waals surface area contributed by atoms with Crippen LogP contribution in [0.3, 0.4) is 0 Å². The molecule has 2 aromatic rings. The van der Waals surface area contributed by atoms with Gasteiger partial charge in [0.1, 0.15) is 11.8 Å². The first kappa shape index (κ1) is 25.9. The Morgan fingerprint density at radius 2 is 1.67 bits per heavy atom. The van der Waals surface area contributed by atoms with Crippen molar-refractivity contribution in [2.45, 2.75) is 36.7 Å². The topological polar surface area (TPSA) is 98.9 Å². The van der Waals surface area contributed by atoms with Gasteiger partial charge in [0.15, 0.2) is 0 Å². The highest BCUT2D eigenvalue weighted by molar-refractivity contribution is 7.89. The zero-order valence-electron chi connectivity index (χ0n) is 17.2. The van der Waals surface area contributed by atoms with Crippen LogP contribution in [0.2, 0.25) is 0 Å². The maximum atomic E-state index is 13.5. The minimum atomic E-state index is -3.97. The van der Waals surface area contributed by atoms with Crippen LogP contribution in [0.25, 0.3) is 0 Å². The van der Waals surface area contributed by atoms with Crippen molar-refractivity contribution in [1.29, 1.82) is 0 Å². The Morgan fingerprint density at radius 3 is 2.20 bits per heavy atom. The van der Waals surface area contributed by atoms with Crippen molar-refractivity contribution in [2.75, 3.05) is 20.8 Å². The number of unbranched alkanes of at least 4 members (excludes halogenated alkanes) is 1. The maximum absolute atomic E-state index is 13.5. The predicted octanol–water partition coefficient (Wildman–Crippen LogP) is 2.98. The molecule has 0 aliphatic rings. The second-order valence-corrected chi connectivity index (χ2v) is 8.43. The third-order valence-corrected chi connectivity index (χ3v) is 6.47. The number of carbonyl (C=O) groups is 1. The summed E-state index contributed by atoms with van der Waals surface area (Å²) in [5.41, 5.74) is 6.34. The molecule has 0 amide bonds. The molecule has 0 aliphatic heterocycles. The quantitative estimate of drug-likeness (QED) is 0.412.